The number of fused-ring (bicyclic) bond motifs is 5. The Morgan fingerprint density at radius 3 is 1.43 bits per heavy atom. The zero-order chi connectivity index (χ0) is 39.0. The van der Waals surface area contributed by atoms with E-state index < -0.39 is 0 Å². The summed E-state index contributed by atoms with van der Waals surface area (Å²) < 4.78 is 0. The van der Waals surface area contributed by atoms with E-state index in [1.165, 1.54) is 110 Å². The van der Waals surface area contributed by atoms with E-state index in [1.54, 1.807) is 0 Å². The van der Waals surface area contributed by atoms with Crippen molar-refractivity contribution in [1.29, 1.82) is 0 Å². The van der Waals surface area contributed by atoms with E-state index in [9.17, 15) is 0 Å². The predicted octanol–water partition coefficient (Wildman–Crippen LogP) is 13.7. The molecule has 8 aromatic rings. The summed E-state index contributed by atoms with van der Waals surface area (Å²) in [6.45, 7) is 22.3. The molecule has 0 aromatic heterocycles. The normalized spacial score (nSPS) is 11.5. The molecule has 0 amide bonds. The molecule has 0 nitrogen and oxygen atoms in total. The number of rotatable bonds is 4. The molecular weight excluding hydrogens is 768 g/mol. The number of hydrogen-bond acceptors (Lipinski definition) is 0. The van der Waals surface area contributed by atoms with Crippen molar-refractivity contribution in [1.82, 2.24) is 0 Å². The molecule has 0 saturated heterocycles. The van der Waals surface area contributed by atoms with E-state index in [0.29, 0.717) is 11.8 Å². The minimum absolute atomic E-state index is 0. The van der Waals surface area contributed by atoms with Crippen LogP contribution < -0.4 is 10.4 Å². The van der Waals surface area contributed by atoms with Crippen molar-refractivity contribution in [3.05, 3.63) is 178 Å². The molecule has 8 aromatic carbocycles. The van der Waals surface area contributed by atoms with Gasteiger partial charge in [-0.15, -0.1) is 74.6 Å². The van der Waals surface area contributed by atoms with Gasteiger partial charge < -0.3 is 0 Å². The van der Waals surface area contributed by atoms with Gasteiger partial charge in [0, 0.05) is 0 Å². The van der Waals surface area contributed by atoms with Crippen LogP contribution in [0.15, 0.2) is 127 Å². The van der Waals surface area contributed by atoms with Crippen LogP contribution in [0.5, 0.6) is 0 Å². The fourth-order valence-electron chi connectivity index (χ4n) is 7.87. The number of benzene rings is 6. The second kappa shape index (κ2) is 17.4. The molecule has 1 aliphatic rings. The average molecular weight is 821 g/mol. The summed E-state index contributed by atoms with van der Waals surface area (Å²) in [7, 11) is 0.795. The monoisotopic (exact) mass is 819 g/mol. The maximum Gasteiger partial charge on any atom is 3.00 e. The largest absolute Gasteiger partial charge is 3.00 e. The first kappa shape index (κ1) is 41.3. The van der Waals surface area contributed by atoms with Crippen molar-refractivity contribution in [3.63, 3.8) is 0 Å². The first-order chi connectivity index (χ1) is 26.4. The van der Waals surface area contributed by atoms with Gasteiger partial charge in [0.15, 0.2) is 0 Å². The smallest absolute Gasteiger partial charge is 0.184 e. The number of aryl methyl sites for hydroxylation is 2. The van der Waals surface area contributed by atoms with Crippen LogP contribution in [0.4, 0.5) is 0 Å². The third-order valence-corrected chi connectivity index (χ3v) is 13.3. The van der Waals surface area contributed by atoms with Gasteiger partial charge in [-0.3, -0.25) is 0 Å². The molecule has 0 saturated carbocycles. The molecule has 1 heterocycles. The molecule has 0 fully saturated rings. The van der Waals surface area contributed by atoms with E-state index >= 15 is 0 Å². The van der Waals surface area contributed by atoms with Gasteiger partial charge in [-0.1, -0.05) is 110 Å². The van der Waals surface area contributed by atoms with Gasteiger partial charge in [0.25, 0.3) is 0 Å². The molecule has 56 heavy (non-hydrogen) atoms. The van der Waals surface area contributed by atoms with Gasteiger partial charge in [0.05, 0.1) is 9.52 Å². The van der Waals surface area contributed by atoms with Crippen LogP contribution in [0.25, 0.3) is 54.9 Å². The molecule has 3 radical (unpaired) electrons. The molecule has 9 rings (SSSR count). The van der Waals surface area contributed by atoms with Crippen LogP contribution in [-0.2, 0) is 26.2 Å². The van der Waals surface area contributed by atoms with Crippen molar-refractivity contribution < 1.29 is 26.2 Å². The Bertz CT molecular complexity index is 2460. The maximum atomic E-state index is 3.31. The van der Waals surface area contributed by atoms with Gasteiger partial charge in [-0.25, -0.2) is 0 Å². The predicted molar refractivity (Wildman–Crippen MR) is 242 cm³/mol. The molecule has 2 heteroatoms. The van der Waals surface area contributed by atoms with Gasteiger partial charge in [-0.2, -0.15) is 41.6 Å². The van der Waals surface area contributed by atoms with Crippen LogP contribution in [-0.4, -0.2) is 9.52 Å². The fraction of sp³-hybridized carbons (Fsp3) is 0.222. The SMILES string of the molecule is Cc1ccc(-c2cccc3[cH-]c(C(C)C)cc23)c(C)c1C.Cc1ccc(-c2cccc3[cH-]c(C(C)C)cc23)c(C)c1C.[Zr+3].[c-]1cccc2c1[Si]c1ccccc1-2. The second-order valence-corrected chi connectivity index (χ2v) is 17.3. The van der Waals surface area contributed by atoms with Crippen molar-refractivity contribution in [3.8, 4) is 33.4 Å². The summed E-state index contributed by atoms with van der Waals surface area (Å²) in [5.74, 6) is 1.15. The zero-order valence-electron chi connectivity index (χ0n) is 34.8. The van der Waals surface area contributed by atoms with Crippen molar-refractivity contribution in [2.24, 2.45) is 0 Å². The molecule has 0 aliphatic carbocycles. The number of hydrogen-bond donors (Lipinski definition) is 0. The molecule has 1 aliphatic heterocycles. The Morgan fingerprint density at radius 2 is 0.929 bits per heavy atom. The van der Waals surface area contributed by atoms with E-state index in [2.05, 4.69) is 197 Å². The van der Waals surface area contributed by atoms with Gasteiger partial charge in [0.1, 0.15) is 0 Å². The molecule has 0 atom stereocenters. The Balaban J connectivity index is 0.000000145. The van der Waals surface area contributed by atoms with Crippen LogP contribution in [0.2, 0.25) is 0 Å². The Morgan fingerprint density at radius 1 is 0.464 bits per heavy atom. The minimum Gasteiger partial charge on any atom is -0.184 e. The average Bonchev–Trinajstić information content (AvgIpc) is 3.93. The Labute approximate surface area is 357 Å². The minimum atomic E-state index is 0. The molecule has 0 unspecified atom stereocenters. The molecule has 277 valence electrons. The molecule has 0 bridgehead atoms. The Kier molecular flexibility index (Phi) is 12.8. The first-order valence-corrected chi connectivity index (χ1v) is 20.8. The first-order valence-electron chi connectivity index (χ1n) is 19.8. The topological polar surface area (TPSA) is 0 Å². The second-order valence-electron chi connectivity index (χ2n) is 16.0. The van der Waals surface area contributed by atoms with Crippen LogP contribution >= 0.6 is 0 Å². The summed E-state index contributed by atoms with van der Waals surface area (Å²) in [4.78, 5) is 0. The fourth-order valence-corrected chi connectivity index (χ4v) is 9.18. The summed E-state index contributed by atoms with van der Waals surface area (Å²) in [6.07, 6.45) is 0. The third kappa shape index (κ3) is 8.20. The van der Waals surface area contributed by atoms with Crippen molar-refractivity contribution >= 4 is 41.4 Å². The van der Waals surface area contributed by atoms with Gasteiger partial charge >= 0.3 is 26.2 Å². The van der Waals surface area contributed by atoms with Gasteiger partial charge in [0.2, 0.25) is 0 Å². The van der Waals surface area contributed by atoms with Crippen molar-refractivity contribution in [2.45, 2.75) is 81.1 Å². The summed E-state index contributed by atoms with van der Waals surface area (Å²) in [5.41, 5.74) is 19.4. The quantitative estimate of drug-likeness (QED) is 0.123. The van der Waals surface area contributed by atoms with Crippen LogP contribution in [0, 0.1) is 47.6 Å². The molecule has 0 N–H and O–H groups in total. The maximum absolute atomic E-state index is 3.31. The summed E-state index contributed by atoms with van der Waals surface area (Å²) in [5, 5.41) is 8.30. The molecule has 0 spiro atoms. The summed E-state index contributed by atoms with van der Waals surface area (Å²) >= 11 is 0. The third-order valence-electron chi connectivity index (χ3n) is 11.9. The van der Waals surface area contributed by atoms with Crippen LogP contribution in [0.3, 0.4) is 0 Å². The Hall–Kier alpha value is -4.36. The van der Waals surface area contributed by atoms with Crippen LogP contribution in [0.1, 0.15) is 84.0 Å². The van der Waals surface area contributed by atoms with E-state index in [4.69, 9.17) is 0 Å². The van der Waals surface area contributed by atoms with Crippen molar-refractivity contribution in [2.75, 3.05) is 0 Å². The van der Waals surface area contributed by atoms with E-state index in [-0.39, 0.29) is 26.2 Å². The standard InChI is InChI=1S/2C21H23.C12H7Si.Zr/c2*1-13(2)18-11-17-7-6-8-20(21(17)12-18)19-10-9-14(3)15(4)16(19)5;1-3-7-11-9(5-1)10-6-2-4-8-12(10)13-11;/h2*6-13H,1-5H3;1-7H;/q3*-1;+3. The van der Waals surface area contributed by atoms with E-state index in [1.807, 2.05) is 6.07 Å². The molecular formula is C54H53SiZr. The van der Waals surface area contributed by atoms with E-state index in [0.717, 1.165) is 9.52 Å². The summed E-state index contributed by atoms with van der Waals surface area (Å²) in [6, 6.07) is 49.9. The van der Waals surface area contributed by atoms with Gasteiger partial charge in [-0.05, 0) is 97.9 Å². The zero-order valence-corrected chi connectivity index (χ0v) is 38.2.